The van der Waals surface area contributed by atoms with E-state index in [2.05, 4.69) is 9.72 Å². The molecule has 0 spiro atoms. The van der Waals surface area contributed by atoms with Gasteiger partial charge in [-0.2, -0.15) is 0 Å². The molecule has 15 heavy (non-hydrogen) atoms. The number of esters is 1. The second kappa shape index (κ2) is 4.69. The van der Waals surface area contributed by atoms with Crippen LogP contribution in [0.3, 0.4) is 0 Å². The highest BCUT2D eigenvalue weighted by Gasteiger charge is 2.23. The predicted molar refractivity (Wildman–Crippen MR) is 56.1 cm³/mol. The minimum Gasteiger partial charge on any atom is -0.465 e. The van der Waals surface area contributed by atoms with Crippen molar-refractivity contribution in [1.29, 1.82) is 0 Å². The first-order chi connectivity index (χ1) is 6.97. The maximum absolute atomic E-state index is 12.5. The number of carbonyl (C=O) groups excluding carboxylic acids is 1. The molecule has 0 amide bonds. The molecule has 1 N–H and O–H groups in total. The number of hydrogen-bond acceptors (Lipinski definition) is 3. The SMILES string of the molecule is COC(=O)c1cc(I)[nH]c(=O)c1C(F)F. The second-order valence-corrected chi connectivity index (χ2v) is 3.73. The summed E-state index contributed by atoms with van der Waals surface area (Å²) in [7, 11) is 1.06. The molecule has 0 radical (unpaired) electrons. The van der Waals surface area contributed by atoms with Crippen molar-refractivity contribution in [3.05, 3.63) is 31.2 Å². The van der Waals surface area contributed by atoms with Gasteiger partial charge in [-0.15, -0.1) is 0 Å². The standard InChI is InChI=1S/C8H6F2INO3/c1-15-8(14)3-2-4(11)12-7(13)5(3)6(9)10/h2,6H,1H3,(H,12,13). The van der Waals surface area contributed by atoms with Gasteiger partial charge in [0.1, 0.15) is 0 Å². The van der Waals surface area contributed by atoms with Crippen molar-refractivity contribution < 1.29 is 18.3 Å². The molecule has 0 aliphatic rings. The summed E-state index contributed by atoms with van der Waals surface area (Å²) in [6.45, 7) is 0. The number of pyridine rings is 1. The number of halogens is 3. The number of aromatic amines is 1. The molecular weight excluding hydrogens is 323 g/mol. The highest BCUT2D eigenvalue weighted by Crippen LogP contribution is 2.20. The van der Waals surface area contributed by atoms with Crippen LogP contribution in [0, 0.1) is 3.70 Å². The van der Waals surface area contributed by atoms with Crippen molar-refractivity contribution in [3.8, 4) is 0 Å². The van der Waals surface area contributed by atoms with E-state index < -0.39 is 29.1 Å². The lowest BCUT2D eigenvalue weighted by molar-refractivity contribution is 0.0588. The molecule has 0 aliphatic heterocycles. The van der Waals surface area contributed by atoms with Gasteiger partial charge in [0.25, 0.3) is 12.0 Å². The van der Waals surface area contributed by atoms with Crippen molar-refractivity contribution in [2.75, 3.05) is 7.11 Å². The fraction of sp³-hybridized carbons (Fsp3) is 0.250. The predicted octanol–water partition coefficient (Wildman–Crippen LogP) is 1.70. The van der Waals surface area contributed by atoms with E-state index in [4.69, 9.17) is 0 Å². The third-order valence-corrected chi connectivity index (χ3v) is 2.24. The number of hydrogen-bond donors (Lipinski definition) is 1. The molecule has 1 aromatic rings. The Morgan fingerprint density at radius 2 is 2.20 bits per heavy atom. The number of nitrogens with one attached hydrogen (secondary N) is 1. The van der Waals surface area contributed by atoms with Crippen LogP contribution < -0.4 is 5.56 Å². The summed E-state index contributed by atoms with van der Waals surface area (Å²) in [4.78, 5) is 24.5. The third-order valence-electron chi connectivity index (χ3n) is 1.66. The first kappa shape index (κ1) is 12.1. The van der Waals surface area contributed by atoms with Gasteiger partial charge in [0, 0.05) is 0 Å². The summed E-state index contributed by atoms with van der Waals surface area (Å²) in [6.07, 6.45) is -3.01. The number of aromatic nitrogens is 1. The Morgan fingerprint density at radius 1 is 1.60 bits per heavy atom. The van der Waals surface area contributed by atoms with Gasteiger partial charge in [0.15, 0.2) is 0 Å². The minimum absolute atomic E-state index is 0.294. The highest BCUT2D eigenvalue weighted by atomic mass is 127. The largest absolute Gasteiger partial charge is 0.465 e. The van der Waals surface area contributed by atoms with E-state index in [0.717, 1.165) is 13.2 Å². The van der Waals surface area contributed by atoms with Crippen LogP contribution in [0.2, 0.25) is 0 Å². The Balaban J connectivity index is 3.47. The lowest BCUT2D eigenvalue weighted by Crippen LogP contribution is -2.20. The van der Waals surface area contributed by atoms with E-state index >= 15 is 0 Å². The van der Waals surface area contributed by atoms with Crippen molar-refractivity contribution in [3.63, 3.8) is 0 Å². The zero-order chi connectivity index (χ0) is 11.6. The van der Waals surface area contributed by atoms with Crippen LogP contribution in [0.15, 0.2) is 10.9 Å². The zero-order valence-corrected chi connectivity index (χ0v) is 9.67. The lowest BCUT2D eigenvalue weighted by atomic mass is 10.1. The van der Waals surface area contributed by atoms with E-state index in [9.17, 15) is 18.4 Å². The molecule has 7 heteroatoms. The number of alkyl halides is 2. The number of methoxy groups -OCH3 is 1. The quantitative estimate of drug-likeness (QED) is 0.510. The number of carbonyl (C=O) groups is 1. The maximum Gasteiger partial charge on any atom is 0.338 e. The van der Waals surface area contributed by atoms with Crippen LogP contribution in [-0.2, 0) is 4.74 Å². The van der Waals surface area contributed by atoms with Gasteiger partial charge in [-0.3, -0.25) is 4.79 Å². The van der Waals surface area contributed by atoms with E-state index in [-0.39, 0.29) is 0 Å². The molecule has 0 fully saturated rings. The summed E-state index contributed by atoms with van der Waals surface area (Å²) in [6, 6.07) is 1.15. The summed E-state index contributed by atoms with van der Waals surface area (Å²) in [5, 5.41) is 0. The normalized spacial score (nSPS) is 10.5. The number of rotatable bonds is 2. The van der Waals surface area contributed by atoms with Gasteiger partial charge >= 0.3 is 5.97 Å². The summed E-state index contributed by atoms with van der Waals surface area (Å²) < 4.78 is 29.6. The monoisotopic (exact) mass is 329 g/mol. The van der Waals surface area contributed by atoms with Crippen molar-refractivity contribution in [2.45, 2.75) is 6.43 Å². The minimum atomic E-state index is -3.01. The molecule has 0 unspecified atom stereocenters. The van der Waals surface area contributed by atoms with Gasteiger partial charge in [-0.1, -0.05) is 0 Å². The Morgan fingerprint density at radius 3 is 2.67 bits per heavy atom. The van der Waals surface area contributed by atoms with Crippen LogP contribution >= 0.6 is 22.6 Å². The van der Waals surface area contributed by atoms with Crippen LogP contribution in [-0.4, -0.2) is 18.1 Å². The summed E-state index contributed by atoms with van der Waals surface area (Å²) in [5.41, 5.74) is -2.24. The summed E-state index contributed by atoms with van der Waals surface area (Å²) >= 11 is 1.71. The molecule has 0 bridgehead atoms. The van der Waals surface area contributed by atoms with Crippen LogP contribution in [0.1, 0.15) is 22.3 Å². The molecule has 1 rings (SSSR count). The molecule has 0 atom stereocenters. The molecule has 4 nitrogen and oxygen atoms in total. The number of H-pyrrole nitrogens is 1. The molecule has 0 saturated heterocycles. The van der Waals surface area contributed by atoms with Crippen LogP contribution in [0.25, 0.3) is 0 Å². The molecular formula is C8H6F2INO3. The molecule has 1 heterocycles. The highest BCUT2D eigenvalue weighted by molar-refractivity contribution is 14.1. The van der Waals surface area contributed by atoms with E-state index in [1.165, 1.54) is 0 Å². The molecule has 0 aliphatic carbocycles. The van der Waals surface area contributed by atoms with E-state index in [0.29, 0.717) is 3.70 Å². The van der Waals surface area contributed by atoms with Crippen molar-refractivity contribution in [1.82, 2.24) is 4.98 Å². The first-order valence-corrected chi connectivity index (χ1v) is 4.84. The third kappa shape index (κ3) is 2.52. The number of ether oxygens (including phenoxy) is 1. The fourth-order valence-electron chi connectivity index (χ4n) is 1.03. The average molecular weight is 329 g/mol. The van der Waals surface area contributed by atoms with Gasteiger partial charge in [0.2, 0.25) is 0 Å². The maximum atomic E-state index is 12.5. The summed E-state index contributed by atoms with van der Waals surface area (Å²) in [5.74, 6) is -0.950. The van der Waals surface area contributed by atoms with E-state index in [1.807, 2.05) is 0 Å². The molecule has 1 aromatic heterocycles. The van der Waals surface area contributed by atoms with Gasteiger partial charge in [-0.05, 0) is 28.7 Å². The lowest BCUT2D eigenvalue weighted by Gasteiger charge is -2.06. The van der Waals surface area contributed by atoms with Gasteiger partial charge in [-0.25, -0.2) is 13.6 Å². The smallest absolute Gasteiger partial charge is 0.338 e. The topological polar surface area (TPSA) is 59.2 Å². The average Bonchev–Trinajstić information content (AvgIpc) is 2.14. The molecule has 0 saturated carbocycles. The second-order valence-electron chi connectivity index (χ2n) is 2.57. The first-order valence-electron chi connectivity index (χ1n) is 3.76. The fourth-order valence-corrected chi connectivity index (χ4v) is 1.59. The Hall–Kier alpha value is -0.990. The van der Waals surface area contributed by atoms with Gasteiger partial charge < -0.3 is 9.72 Å². The Bertz CT molecular complexity index is 444. The molecule has 82 valence electrons. The van der Waals surface area contributed by atoms with Gasteiger partial charge in [0.05, 0.1) is 21.9 Å². The Kier molecular flexibility index (Phi) is 3.77. The zero-order valence-electron chi connectivity index (χ0n) is 7.51. The van der Waals surface area contributed by atoms with Crippen molar-refractivity contribution in [2.24, 2.45) is 0 Å². The van der Waals surface area contributed by atoms with Crippen molar-refractivity contribution >= 4 is 28.6 Å². The molecule has 0 aromatic carbocycles. The van der Waals surface area contributed by atoms with E-state index in [1.54, 1.807) is 22.6 Å². The Labute approximate surface area is 96.8 Å². The van der Waals surface area contributed by atoms with Crippen LogP contribution in [0.5, 0.6) is 0 Å². The van der Waals surface area contributed by atoms with Crippen LogP contribution in [0.4, 0.5) is 8.78 Å².